The molecule has 1 aliphatic carbocycles. The van der Waals surface area contributed by atoms with Crippen molar-refractivity contribution in [1.82, 2.24) is 24.8 Å². The Kier molecular flexibility index (Phi) is 10.5. The van der Waals surface area contributed by atoms with Crippen LogP contribution in [0.25, 0.3) is 5.69 Å². The van der Waals surface area contributed by atoms with Crippen molar-refractivity contribution in [3.63, 3.8) is 0 Å². The average Bonchev–Trinajstić information content (AvgIpc) is 3.59. The third-order valence-corrected chi connectivity index (χ3v) is 8.05. The Balaban J connectivity index is 1.69. The van der Waals surface area contributed by atoms with Crippen LogP contribution in [0.2, 0.25) is 0 Å². The van der Waals surface area contributed by atoms with E-state index in [0.717, 1.165) is 43.5 Å². The number of carbonyl (C=O) groups is 3. The second-order valence-corrected chi connectivity index (χ2v) is 13.3. The van der Waals surface area contributed by atoms with Crippen LogP contribution in [0.4, 0.5) is 4.79 Å². The predicted molar refractivity (Wildman–Crippen MR) is 163 cm³/mol. The van der Waals surface area contributed by atoms with Crippen molar-refractivity contribution < 1.29 is 23.9 Å². The minimum Gasteiger partial charge on any atom is -0.444 e. The highest BCUT2D eigenvalue weighted by atomic mass is 16.6. The molecule has 4 rings (SSSR count). The van der Waals surface area contributed by atoms with Gasteiger partial charge >= 0.3 is 6.09 Å². The minimum absolute atomic E-state index is 0.129. The first-order valence-corrected chi connectivity index (χ1v) is 15.5. The van der Waals surface area contributed by atoms with Gasteiger partial charge in [-0.05, 0) is 94.9 Å². The zero-order valence-corrected chi connectivity index (χ0v) is 26.6. The minimum atomic E-state index is -0.701. The van der Waals surface area contributed by atoms with E-state index in [-0.39, 0.29) is 24.9 Å². The zero-order valence-electron chi connectivity index (χ0n) is 26.6. The maximum absolute atomic E-state index is 14.4. The van der Waals surface area contributed by atoms with Gasteiger partial charge in [0.1, 0.15) is 5.60 Å². The van der Waals surface area contributed by atoms with Gasteiger partial charge in [0, 0.05) is 33.4 Å². The number of piperidine rings is 1. The van der Waals surface area contributed by atoms with Crippen LogP contribution in [0.15, 0.2) is 18.2 Å². The molecule has 1 aliphatic heterocycles. The molecular formula is C32H48N6O5. The Labute approximate surface area is 255 Å². The Morgan fingerprint density at radius 2 is 1.86 bits per heavy atom. The van der Waals surface area contributed by atoms with Crippen molar-refractivity contribution in [1.29, 1.82) is 0 Å². The lowest BCUT2D eigenvalue weighted by Crippen LogP contribution is -2.57. The number of nitrogens with two attached hydrogens (primary N) is 1. The van der Waals surface area contributed by atoms with Crippen molar-refractivity contribution in [2.24, 2.45) is 17.6 Å². The number of ether oxygens (including phenoxy) is 2. The number of nitrogens with zero attached hydrogens (tertiary/aromatic N) is 5. The molecule has 1 fully saturated rings. The van der Waals surface area contributed by atoms with E-state index < -0.39 is 29.6 Å². The summed E-state index contributed by atoms with van der Waals surface area (Å²) in [5, 5.41) is 8.95. The molecule has 3 amide bonds. The van der Waals surface area contributed by atoms with Crippen LogP contribution in [0, 0.1) is 11.8 Å². The molecule has 1 aromatic carbocycles. The van der Waals surface area contributed by atoms with Crippen LogP contribution in [0.5, 0.6) is 0 Å². The number of hydrogen-bond donors (Lipinski definition) is 1. The normalized spacial score (nSPS) is 18.5. The summed E-state index contributed by atoms with van der Waals surface area (Å²) in [6, 6.07) is 5.92. The summed E-state index contributed by atoms with van der Waals surface area (Å²) >= 11 is 0. The van der Waals surface area contributed by atoms with Crippen molar-refractivity contribution in [3.8, 4) is 5.69 Å². The molecular weight excluding hydrogens is 548 g/mol. The van der Waals surface area contributed by atoms with Gasteiger partial charge in [-0.1, -0.05) is 25.1 Å². The highest BCUT2D eigenvalue weighted by Crippen LogP contribution is 2.28. The highest BCUT2D eigenvalue weighted by Gasteiger charge is 2.40. The van der Waals surface area contributed by atoms with E-state index in [1.165, 1.54) is 16.0 Å². The van der Waals surface area contributed by atoms with Gasteiger partial charge in [-0.15, -0.1) is 5.10 Å². The fourth-order valence-electron chi connectivity index (χ4n) is 6.04. The summed E-state index contributed by atoms with van der Waals surface area (Å²) < 4.78 is 12.7. The number of benzene rings is 1. The first-order chi connectivity index (χ1) is 20.4. The summed E-state index contributed by atoms with van der Waals surface area (Å²) in [5.41, 5.74) is 9.68. The molecule has 0 saturated carbocycles. The first kappa shape index (κ1) is 32.4. The van der Waals surface area contributed by atoms with Gasteiger partial charge in [-0.2, -0.15) is 0 Å². The quantitative estimate of drug-likeness (QED) is 0.389. The molecule has 11 heteroatoms. The summed E-state index contributed by atoms with van der Waals surface area (Å²) in [6.07, 6.45) is 5.32. The number of unbranched alkanes of at least 4 members (excludes halogenated alkanes) is 1. The second-order valence-electron chi connectivity index (χ2n) is 13.3. The number of aryl methyl sites for hydroxylation is 2. The van der Waals surface area contributed by atoms with E-state index in [9.17, 15) is 14.4 Å². The summed E-state index contributed by atoms with van der Waals surface area (Å²) in [5.74, 6) is -1.24. The van der Waals surface area contributed by atoms with Crippen LogP contribution in [0.1, 0.15) is 87.6 Å². The summed E-state index contributed by atoms with van der Waals surface area (Å²) in [7, 11) is 1.68. The first-order valence-electron chi connectivity index (χ1n) is 15.5. The fraction of sp³-hybridized carbons (Fsp3) is 0.656. The lowest BCUT2D eigenvalue weighted by Gasteiger charge is -2.42. The number of methoxy groups -OCH3 is 1. The molecule has 43 heavy (non-hydrogen) atoms. The van der Waals surface area contributed by atoms with Crippen LogP contribution >= 0.6 is 0 Å². The van der Waals surface area contributed by atoms with Gasteiger partial charge in [0.25, 0.3) is 5.91 Å². The molecule has 11 nitrogen and oxygen atoms in total. The molecule has 1 saturated heterocycles. The Bertz CT molecular complexity index is 1300. The third kappa shape index (κ3) is 8.13. The number of likely N-dealkylation sites (tertiary alicyclic amines) is 1. The molecule has 2 atom stereocenters. The SMILES string of the molecule is COCCCCc1c(C(=O)N(CC(C)C)[C@H]2C[C@@H](C(N)=O)CN(C(=O)OC(C)(C)C)C2)nnn1-c1ccc2c(c1)CCC2. The number of primary amides is 1. The molecule has 2 aliphatic rings. The molecule has 2 aromatic rings. The number of amides is 3. The van der Waals surface area contributed by atoms with Gasteiger partial charge in [0.15, 0.2) is 5.69 Å². The van der Waals surface area contributed by atoms with Crippen molar-refractivity contribution in [2.45, 2.75) is 91.2 Å². The lowest BCUT2D eigenvalue weighted by molar-refractivity contribution is -0.124. The number of fused-ring (bicyclic) bond motifs is 1. The Morgan fingerprint density at radius 1 is 1.12 bits per heavy atom. The van der Waals surface area contributed by atoms with Crippen LogP contribution in [0.3, 0.4) is 0 Å². The van der Waals surface area contributed by atoms with Crippen molar-refractivity contribution in [3.05, 3.63) is 40.7 Å². The smallest absolute Gasteiger partial charge is 0.410 e. The van der Waals surface area contributed by atoms with E-state index in [2.05, 4.69) is 28.5 Å². The van der Waals surface area contributed by atoms with E-state index in [4.69, 9.17) is 15.2 Å². The number of aromatic nitrogens is 3. The number of carbonyl (C=O) groups excluding carboxylic acids is 3. The van der Waals surface area contributed by atoms with Gasteiger partial charge in [-0.3, -0.25) is 9.59 Å². The monoisotopic (exact) mass is 596 g/mol. The van der Waals surface area contributed by atoms with Crippen molar-refractivity contribution in [2.75, 3.05) is 33.4 Å². The zero-order chi connectivity index (χ0) is 31.3. The van der Waals surface area contributed by atoms with Gasteiger partial charge in [0.2, 0.25) is 5.91 Å². The van der Waals surface area contributed by atoms with Crippen molar-refractivity contribution >= 4 is 17.9 Å². The standard InChI is InChI=1S/C32H48N6O5/c1-21(2)18-37(26-17-24(29(33)39)19-36(20-26)31(41)43-32(3,4)5)30(40)28-27(12-7-8-15-42-6)38(35-34-28)25-14-13-22-10-9-11-23(22)16-25/h13-14,16,21,24,26H,7-12,15,17-20H2,1-6H3,(H2,33,39)/t24-,26+/m1/s1. The van der Waals surface area contributed by atoms with Crippen LogP contribution in [-0.2, 0) is 33.5 Å². The number of hydrogen-bond acceptors (Lipinski definition) is 7. The molecule has 236 valence electrons. The van der Waals surface area contributed by atoms with E-state index in [1.54, 1.807) is 37.5 Å². The van der Waals surface area contributed by atoms with Gasteiger partial charge in [-0.25, -0.2) is 9.48 Å². The lowest BCUT2D eigenvalue weighted by atomic mass is 9.92. The molecule has 0 bridgehead atoms. The number of rotatable bonds is 11. The third-order valence-electron chi connectivity index (χ3n) is 8.05. The fourth-order valence-corrected chi connectivity index (χ4v) is 6.04. The van der Waals surface area contributed by atoms with Crippen LogP contribution in [-0.4, -0.2) is 87.7 Å². The summed E-state index contributed by atoms with van der Waals surface area (Å²) in [4.78, 5) is 43.2. The highest BCUT2D eigenvalue weighted by molar-refractivity contribution is 5.94. The Hall–Kier alpha value is -3.47. The second kappa shape index (κ2) is 13.9. The predicted octanol–water partition coefficient (Wildman–Crippen LogP) is 3.93. The molecule has 1 aromatic heterocycles. The molecule has 0 unspecified atom stereocenters. The average molecular weight is 597 g/mol. The maximum Gasteiger partial charge on any atom is 0.410 e. The van der Waals surface area contributed by atoms with Crippen LogP contribution < -0.4 is 5.73 Å². The largest absolute Gasteiger partial charge is 0.444 e. The Morgan fingerprint density at radius 3 is 2.53 bits per heavy atom. The molecule has 0 radical (unpaired) electrons. The van der Waals surface area contributed by atoms with Gasteiger partial charge in [0.05, 0.1) is 23.3 Å². The van der Waals surface area contributed by atoms with E-state index in [0.29, 0.717) is 31.7 Å². The molecule has 2 N–H and O–H groups in total. The summed E-state index contributed by atoms with van der Waals surface area (Å²) in [6.45, 7) is 10.9. The maximum atomic E-state index is 14.4. The van der Waals surface area contributed by atoms with E-state index in [1.807, 2.05) is 13.8 Å². The topological polar surface area (TPSA) is 133 Å². The molecule has 0 spiro atoms. The van der Waals surface area contributed by atoms with E-state index >= 15 is 0 Å². The van der Waals surface area contributed by atoms with Gasteiger partial charge < -0.3 is 25.0 Å². The molecule has 2 heterocycles.